The van der Waals surface area contributed by atoms with Crippen LogP contribution in [0.1, 0.15) is 50.2 Å². The molecule has 0 spiro atoms. The highest BCUT2D eigenvalue weighted by Crippen LogP contribution is 2.26. The lowest BCUT2D eigenvalue weighted by Gasteiger charge is -2.33. The van der Waals surface area contributed by atoms with E-state index in [2.05, 4.69) is 26.6 Å². The van der Waals surface area contributed by atoms with E-state index >= 15 is 0 Å². The van der Waals surface area contributed by atoms with Crippen LogP contribution < -0.4 is 10.6 Å². The number of aryl methyl sites for hydroxylation is 1. The smallest absolute Gasteiger partial charge is 0.409 e. The molecule has 2 aliphatic heterocycles. The summed E-state index contributed by atoms with van der Waals surface area (Å²) < 4.78 is 11.0. The standard InChI is InChI=1S/C21H35N5O3/c1-4-28-21(27)26-13-9-17(10-14-26)24-20(22-3)23-15-18(25-11-5-6-12-25)19-8-7-16(2)29-19/h7-8,17-18H,4-6,9-15H2,1-3H3,(H2,22,23,24). The van der Waals surface area contributed by atoms with Gasteiger partial charge in [0.05, 0.1) is 12.6 Å². The van der Waals surface area contributed by atoms with Gasteiger partial charge in [0.1, 0.15) is 11.5 Å². The number of piperidine rings is 1. The fourth-order valence-electron chi connectivity index (χ4n) is 4.10. The Morgan fingerprint density at radius 3 is 2.59 bits per heavy atom. The molecule has 162 valence electrons. The molecule has 8 heteroatoms. The van der Waals surface area contributed by atoms with Crippen molar-refractivity contribution in [1.82, 2.24) is 20.4 Å². The Balaban J connectivity index is 1.51. The minimum absolute atomic E-state index is 0.204. The average Bonchev–Trinajstić information content (AvgIpc) is 3.40. The van der Waals surface area contributed by atoms with Gasteiger partial charge < -0.3 is 24.7 Å². The SMILES string of the molecule is CCOC(=O)N1CCC(NC(=NC)NCC(c2ccc(C)o2)N2CCCC2)CC1. The van der Waals surface area contributed by atoms with E-state index in [1.54, 1.807) is 11.9 Å². The van der Waals surface area contributed by atoms with Crippen LogP contribution >= 0.6 is 0 Å². The summed E-state index contributed by atoms with van der Waals surface area (Å²) in [6, 6.07) is 4.61. The van der Waals surface area contributed by atoms with Crippen LogP contribution in [0.4, 0.5) is 4.79 Å². The maximum absolute atomic E-state index is 11.9. The van der Waals surface area contributed by atoms with Gasteiger partial charge in [-0.2, -0.15) is 0 Å². The molecule has 1 aromatic rings. The summed E-state index contributed by atoms with van der Waals surface area (Å²) in [6.07, 6.45) is 4.03. The maximum atomic E-state index is 11.9. The molecule has 1 aromatic heterocycles. The Labute approximate surface area is 173 Å². The number of hydrogen-bond donors (Lipinski definition) is 2. The largest absolute Gasteiger partial charge is 0.465 e. The zero-order valence-electron chi connectivity index (χ0n) is 17.9. The normalized spacial score (nSPS) is 20.0. The number of hydrogen-bond acceptors (Lipinski definition) is 5. The third-order valence-corrected chi connectivity index (χ3v) is 5.72. The van der Waals surface area contributed by atoms with Crippen LogP contribution in [0.5, 0.6) is 0 Å². The predicted molar refractivity (Wildman–Crippen MR) is 113 cm³/mol. The molecule has 3 heterocycles. The quantitative estimate of drug-likeness (QED) is 0.559. The van der Waals surface area contributed by atoms with Crippen LogP contribution in [0.15, 0.2) is 21.5 Å². The van der Waals surface area contributed by atoms with Crippen molar-refractivity contribution in [1.29, 1.82) is 0 Å². The molecule has 1 unspecified atom stereocenters. The molecule has 1 atom stereocenters. The van der Waals surface area contributed by atoms with Crippen molar-refractivity contribution >= 4 is 12.1 Å². The summed E-state index contributed by atoms with van der Waals surface area (Å²) in [5.41, 5.74) is 0. The topological polar surface area (TPSA) is 82.3 Å². The van der Waals surface area contributed by atoms with Gasteiger partial charge in [0.2, 0.25) is 0 Å². The van der Waals surface area contributed by atoms with Gasteiger partial charge in [0.15, 0.2) is 5.96 Å². The fraction of sp³-hybridized carbons (Fsp3) is 0.714. The van der Waals surface area contributed by atoms with Gasteiger partial charge >= 0.3 is 6.09 Å². The van der Waals surface area contributed by atoms with Gasteiger partial charge in [-0.05, 0) is 64.8 Å². The number of likely N-dealkylation sites (tertiary alicyclic amines) is 2. The van der Waals surface area contributed by atoms with Gasteiger partial charge in [0.25, 0.3) is 0 Å². The van der Waals surface area contributed by atoms with Crippen molar-refractivity contribution in [2.75, 3.05) is 46.4 Å². The van der Waals surface area contributed by atoms with Crippen LogP contribution in [0.2, 0.25) is 0 Å². The van der Waals surface area contributed by atoms with E-state index in [0.717, 1.165) is 50.0 Å². The van der Waals surface area contributed by atoms with Crippen LogP contribution in [0.3, 0.4) is 0 Å². The number of nitrogens with zero attached hydrogens (tertiary/aromatic N) is 3. The fourth-order valence-corrected chi connectivity index (χ4v) is 4.10. The van der Waals surface area contributed by atoms with Gasteiger partial charge in [-0.3, -0.25) is 9.89 Å². The molecule has 2 saturated heterocycles. The highest BCUT2D eigenvalue weighted by molar-refractivity contribution is 5.80. The lowest BCUT2D eigenvalue weighted by Crippen LogP contribution is -2.51. The molecule has 2 fully saturated rings. The molecule has 0 saturated carbocycles. The summed E-state index contributed by atoms with van der Waals surface area (Å²) in [6.45, 7) is 8.59. The summed E-state index contributed by atoms with van der Waals surface area (Å²) in [4.78, 5) is 20.5. The second-order valence-electron chi connectivity index (χ2n) is 7.76. The zero-order chi connectivity index (χ0) is 20.6. The van der Waals surface area contributed by atoms with E-state index in [-0.39, 0.29) is 12.1 Å². The van der Waals surface area contributed by atoms with E-state index in [4.69, 9.17) is 9.15 Å². The predicted octanol–water partition coefficient (Wildman–Crippen LogP) is 2.51. The number of rotatable bonds is 6. The van der Waals surface area contributed by atoms with Gasteiger partial charge in [-0.1, -0.05) is 0 Å². The van der Waals surface area contributed by atoms with Crippen LogP contribution in [0.25, 0.3) is 0 Å². The first kappa shape index (κ1) is 21.5. The van der Waals surface area contributed by atoms with E-state index in [1.807, 2.05) is 19.9 Å². The summed E-state index contributed by atoms with van der Waals surface area (Å²) in [5, 5.41) is 7.00. The van der Waals surface area contributed by atoms with Crippen molar-refractivity contribution in [2.45, 2.75) is 51.6 Å². The molecule has 29 heavy (non-hydrogen) atoms. The average molecular weight is 406 g/mol. The second-order valence-corrected chi connectivity index (χ2v) is 7.76. The molecule has 2 N–H and O–H groups in total. The van der Waals surface area contributed by atoms with Crippen molar-refractivity contribution in [3.8, 4) is 0 Å². The summed E-state index contributed by atoms with van der Waals surface area (Å²) >= 11 is 0. The molecular formula is C21H35N5O3. The molecule has 2 aliphatic rings. The van der Waals surface area contributed by atoms with Crippen LogP contribution in [-0.2, 0) is 4.74 Å². The number of carbonyl (C=O) groups excluding carboxylic acids is 1. The van der Waals surface area contributed by atoms with Crippen molar-refractivity contribution in [2.24, 2.45) is 4.99 Å². The Hall–Kier alpha value is -2.22. The van der Waals surface area contributed by atoms with E-state index in [1.165, 1.54) is 12.8 Å². The third kappa shape index (κ3) is 5.88. The Morgan fingerprint density at radius 1 is 1.28 bits per heavy atom. The van der Waals surface area contributed by atoms with Crippen LogP contribution in [0, 0.1) is 6.92 Å². The highest BCUT2D eigenvalue weighted by Gasteiger charge is 2.27. The molecular weight excluding hydrogens is 370 g/mol. The molecule has 8 nitrogen and oxygen atoms in total. The third-order valence-electron chi connectivity index (χ3n) is 5.72. The monoisotopic (exact) mass is 405 g/mol. The Bertz CT molecular complexity index is 676. The minimum Gasteiger partial charge on any atom is -0.465 e. The minimum atomic E-state index is -0.212. The molecule has 0 aromatic carbocycles. The number of nitrogens with one attached hydrogen (secondary N) is 2. The molecule has 0 bridgehead atoms. The van der Waals surface area contributed by atoms with Crippen LogP contribution in [-0.4, -0.2) is 74.3 Å². The molecule has 0 aliphatic carbocycles. The number of aliphatic imine (C=N–C) groups is 1. The van der Waals surface area contributed by atoms with E-state index in [9.17, 15) is 4.79 Å². The Morgan fingerprint density at radius 2 is 2.00 bits per heavy atom. The summed E-state index contributed by atoms with van der Waals surface area (Å²) in [7, 11) is 1.80. The van der Waals surface area contributed by atoms with Crippen molar-refractivity contribution in [3.05, 3.63) is 23.7 Å². The van der Waals surface area contributed by atoms with Crippen molar-refractivity contribution < 1.29 is 13.9 Å². The number of ether oxygens (including phenoxy) is 1. The molecule has 1 amide bonds. The lowest BCUT2D eigenvalue weighted by molar-refractivity contribution is 0.0963. The Kier molecular flexibility index (Phi) is 7.80. The first-order valence-corrected chi connectivity index (χ1v) is 10.8. The van der Waals surface area contributed by atoms with Gasteiger partial charge in [0, 0.05) is 32.7 Å². The lowest BCUT2D eigenvalue weighted by atomic mass is 10.1. The number of carbonyl (C=O) groups is 1. The first-order valence-electron chi connectivity index (χ1n) is 10.8. The summed E-state index contributed by atoms with van der Waals surface area (Å²) in [5.74, 6) is 2.75. The number of guanidine groups is 1. The van der Waals surface area contributed by atoms with Gasteiger partial charge in [-0.15, -0.1) is 0 Å². The molecule has 0 radical (unpaired) electrons. The van der Waals surface area contributed by atoms with E-state index < -0.39 is 0 Å². The second kappa shape index (κ2) is 10.5. The van der Waals surface area contributed by atoms with Gasteiger partial charge in [-0.25, -0.2) is 4.79 Å². The van der Waals surface area contributed by atoms with E-state index in [0.29, 0.717) is 25.7 Å². The highest BCUT2D eigenvalue weighted by atomic mass is 16.6. The zero-order valence-corrected chi connectivity index (χ0v) is 17.9. The van der Waals surface area contributed by atoms with Crippen molar-refractivity contribution in [3.63, 3.8) is 0 Å². The first-order chi connectivity index (χ1) is 14.1. The maximum Gasteiger partial charge on any atom is 0.409 e. The molecule has 3 rings (SSSR count). The number of amides is 1. The number of furan rings is 1.